The highest BCUT2D eigenvalue weighted by molar-refractivity contribution is 5.67. The van der Waals surface area contributed by atoms with Gasteiger partial charge in [0.1, 0.15) is 0 Å². The fraction of sp³-hybridized carbons (Fsp3) is 0.583. The predicted molar refractivity (Wildman–Crippen MR) is 67.7 cm³/mol. The van der Waals surface area contributed by atoms with E-state index in [1.807, 2.05) is 13.8 Å². The van der Waals surface area contributed by atoms with Gasteiger partial charge >= 0.3 is 5.97 Å². The Kier molecular flexibility index (Phi) is 5.90. The normalized spacial score (nSPS) is 11.9. The van der Waals surface area contributed by atoms with E-state index in [2.05, 4.69) is 15.3 Å². The molecule has 18 heavy (non-hydrogen) atoms. The Bertz CT molecular complexity index is 385. The van der Waals surface area contributed by atoms with Crippen LogP contribution in [0.4, 0.5) is 5.95 Å². The summed E-state index contributed by atoms with van der Waals surface area (Å²) in [5.41, 5.74) is 0. The summed E-state index contributed by atoms with van der Waals surface area (Å²) in [7, 11) is 0. The lowest BCUT2D eigenvalue weighted by atomic mass is 10.1. The second kappa shape index (κ2) is 7.47. The molecule has 0 saturated carbocycles. The molecule has 0 aromatic carbocycles. The van der Waals surface area contributed by atoms with E-state index in [9.17, 15) is 4.79 Å². The summed E-state index contributed by atoms with van der Waals surface area (Å²) in [6, 6.07) is 1.70. The molecular weight excluding hydrogens is 234 g/mol. The van der Waals surface area contributed by atoms with Gasteiger partial charge in [-0.15, -0.1) is 0 Å². The summed E-state index contributed by atoms with van der Waals surface area (Å²) in [6.07, 6.45) is 2.66. The van der Waals surface area contributed by atoms with Gasteiger partial charge in [-0.05, 0) is 12.3 Å². The third kappa shape index (κ3) is 5.47. The predicted octanol–water partition coefficient (Wildman–Crippen LogP) is 1.79. The number of nitrogens with zero attached hydrogens (tertiary/aromatic N) is 2. The molecule has 1 rings (SSSR count). The number of anilines is 1. The number of ether oxygens (including phenoxy) is 1. The molecule has 0 amide bonds. The van der Waals surface area contributed by atoms with E-state index in [-0.39, 0.29) is 12.3 Å². The zero-order valence-corrected chi connectivity index (χ0v) is 10.7. The van der Waals surface area contributed by atoms with Gasteiger partial charge in [-0.3, -0.25) is 4.79 Å². The van der Waals surface area contributed by atoms with Gasteiger partial charge in [-0.1, -0.05) is 13.8 Å². The van der Waals surface area contributed by atoms with Crippen LogP contribution in [0.25, 0.3) is 0 Å². The Balaban J connectivity index is 2.44. The molecule has 6 heteroatoms. The molecule has 0 spiro atoms. The number of aromatic nitrogens is 2. The second-order valence-corrected chi connectivity index (χ2v) is 4.15. The van der Waals surface area contributed by atoms with Crippen LogP contribution in [0.2, 0.25) is 0 Å². The molecule has 1 unspecified atom stereocenters. The molecule has 0 aliphatic heterocycles. The van der Waals surface area contributed by atoms with E-state index >= 15 is 0 Å². The van der Waals surface area contributed by atoms with Crippen LogP contribution in [-0.4, -0.2) is 34.2 Å². The summed E-state index contributed by atoms with van der Waals surface area (Å²) in [5, 5.41) is 11.6. The summed E-state index contributed by atoms with van der Waals surface area (Å²) in [4.78, 5) is 18.7. The molecule has 1 heterocycles. The van der Waals surface area contributed by atoms with Gasteiger partial charge in [0.15, 0.2) is 0 Å². The molecular formula is C12H19N3O3. The summed E-state index contributed by atoms with van der Waals surface area (Å²) < 4.78 is 5.38. The van der Waals surface area contributed by atoms with Crippen LogP contribution in [0.5, 0.6) is 5.88 Å². The first-order chi connectivity index (χ1) is 8.61. The van der Waals surface area contributed by atoms with Crippen LogP contribution in [0.1, 0.15) is 26.7 Å². The maximum absolute atomic E-state index is 10.5. The number of hydrogen-bond donors (Lipinski definition) is 2. The first-order valence-electron chi connectivity index (χ1n) is 6.03. The average molecular weight is 253 g/mol. The van der Waals surface area contributed by atoms with Crippen LogP contribution < -0.4 is 10.1 Å². The molecule has 6 nitrogen and oxygen atoms in total. The molecule has 0 radical (unpaired) electrons. The van der Waals surface area contributed by atoms with E-state index in [4.69, 9.17) is 9.84 Å². The van der Waals surface area contributed by atoms with Gasteiger partial charge in [-0.25, -0.2) is 4.98 Å². The van der Waals surface area contributed by atoms with E-state index in [1.165, 1.54) is 0 Å². The summed E-state index contributed by atoms with van der Waals surface area (Å²) in [5.74, 6) is 0.206. The number of carbonyl (C=O) groups is 1. The van der Waals surface area contributed by atoms with Crippen LogP contribution >= 0.6 is 0 Å². The number of hydrogen-bond acceptors (Lipinski definition) is 5. The van der Waals surface area contributed by atoms with Crippen molar-refractivity contribution in [3.63, 3.8) is 0 Å². The van der Waals surface area contributed by atoms with Crippen molar-refractivity contribution in [2.24, 2.45) is 5.92 Å². The molecule has 0 saturated heterocycles. The van der Waals surface area contributed by atoms with Crippen molar-refractivity contribution in [3.8, 4) is 5.88 Å². The zero-order chi connectivity index (χ0) is 13.4. The monoisotopic (exact) mass is 253 g/mol. The van der Waals surface area contributed by atoms with Crippen molar-refractivity contribution in [1.29, 1.82) is 0 Å². The second-order valence-electron chi connectivity index (χ2n) is 4.15. The first-order valence-corrected chi connectivity index (χ1v) is 6.03. The molecule has 100 valence electrons. The maximum atomic E-state index is 10.5. The minimum absolute atomic E-state index is 0.0197. The standard InChI is InChI=1S/C12H19N3O3/c1-3-6-18-10-4-5-13-12(15-10)14-8-9(2)7-11(16)17/h4-5,9H,3,6-8H2,1-2H3,(H,16,17)(H,13,14,15). The lowest BCUT2D eigenvalue weighted by molar-refractivity contribution is -0.137. The summed E-state index contributed by atoms with van der Waals surface area (Å²) >= 11 is 0. The van der Waals surface area contributed by atoms with Crippen molar-refractivity contribution >= 4 is 11.9 Å². The smallest absolute Gasteiger partial charge is 0.303 e. The zero-order valence-electron chi connectivity index (χ0n) is 10.7. The molecule has 0 bridgehead atoms. The SMILES string of the molecule is CCCOc1ccnc(NCC(C)CC(=O)O)n1. The Morgan fingerprint density at radius 3 is 3.06 bits per heavy atom. The number of nitrogens with one attached hydrogen (secondary N) is 1. The Labute approximate surface area is 106 Å². The Hall–Kier alpha value is -1.85. The molecule has 0 aliphatic rings. The van der Waals surface area contributed by atoms with Gasteiger partial charge in [0.25, 0.3) is 0 Å². The number of carboxylic acid groups (broad SMARTS) is 1. The quantitative estimate of drug-likeness (QED) is 0.734. The highest BCUT2D eigenvalue weighted by Gasteiger charge is 2.08. The lowest BCUT2D eigenvalue weighted by Crippen LogP contribution is -2.16. The van der Waals surface area contributed by atoms with Gasteiger partial charge in [0, 0.05) is 25.2 Å². The molecule has 1 atom stereocenters. The van der Waals surface area contributed by atoms with E-state index in [1.54, 1.807) is 12.3 Å². The average Bonchev–Trinajstić information content (AvgIpc) is 2.33. The largest absolute Gasteiger partial charge is 0.481 e. The van der Waals surface area contributed by atoms with E-state index in [0.717, 1.165) is 6.42 Å². The van der Waals surface area contributed by atoms with Gasteiger partial charge in [0.2, 0.25) is 11.8 Å². The number of rotatable bonds is 8. The van der Waals surface area contributed by atoms with E-state index < -0.39 is 5.97 Å². The molecule has 2 N–H and O–H groups in total. The number of aliphatic carboxylic acids is 1. The van der Waals surface area contributed by atoms with Gasteiger partial charge in [0.05, 0.1) is 6.61 Å². The molecule has 0 aliphatic carbocycles. The van der Waals surface area contributed by atoms with Crippen molar-refractivity contribution in [3.05, 3.63) is 12.3 Å². The van der Waals surface area contributed by atoms with Crippen molar-refractivity contribution in [1.82, 2.24) is 9.97 Å². The summed E-state index contributed by atoms with van der Waals surface area (Å²) in [6.45, 7) is 5.02. The highest BCUT2D eigenvalue weighted by atomic mass is 16.5. The molecule has 1 aromatic rings. The fourth-order valence-electron chi connectivity index (χ4n) is 1.35. The molecule has 1 aromatic heterocycles. The van der Waals surface area contributed by atoms with Crippen LogP contribution in [0, 0.1) is 5.92 Å². The third-order valence-corrected chi connectivity index (χ3v) is 2.22. The fourth-order valence-corrected chi connectivity index (χ4v) is 1.35. The Morgan fingerprint density at radius 1 is 1.61 bits per heavy atom. The third-order valence-electron chi connectivity index (χ3n) is 2.22. The lowest BCUT2D eigenvalue weighted by Gasteiger charge is -2.10. The van der Waals surface area contributed by atoms with Gasteiger partial charge in [-0.2, -0.15) is 4.98 Å². The van der Waals surface area contributed by atoms with Crippen LogP contribution in [0.15, 0.2) is 12.3 Å². The number of carboxylic acids is 1. The minimum atomic E-state index is -0.801. The van der Waals surface area contributed by atoms with Crippen LogP contribution in [0.3, 0.4) is 0 Å². The van der Waals surface area contributed by atoms with Crippen molar-refractivity contribution < 1.29 is 14.6 Å². The maximum Gasteiger partial charge on any atom is 0.303 e. The van der Waals surface area contributed by atoms with Crippen molar-refractivity contribution in [2.75, 3.05) is 18.5 Å². The van der Waals surface area contributed by atoms with Gasteiger partial charge < -0.3 is 15.2 Å². The Morgan fingerprint density at radius 2 is 2.39 bits per heavy atom. The topological polar surface area (TPSA) is 84.3 Å². The minimum Gasteiger partial charge on any atom is -0.481 e. The highest BCUT2D eigenvalue weighted by Crippen LogP contribution is 2.10. The molecule has 0 fully saturated rings. The van der Waals surface area contributed by atoms with E-state index in [0.29, 0.717) is 25.0 Å². The first kappa shape index (κ1) is 14.2. The van der Waals surface area contributed by atoms with Crippen LogP contribution in [-0.2, 0) is 4.79 Å². The van der Waals surface area contributed by atoms with Crippen molar-refractivity contribution in [2.45, 2.75) is 26.7 Å².